The number of fused-ring (bicyclic) bond motifs is 2. The maximum atomic E-state index is 13.3. The van der Waals surface area contributed by atoms with Crippen molar-refractivity contribution < 1.29 is 55.5 Å². The average molecular weight is 1190 g/mol. The third kappa shape index (κ3) is 13.2. The SMILES string of the molecule is COc1cccc(N=C([O-])c2cc3ccccc3c(N=Nc3cc(S(=O)(=O)O)cc(C)c3Cl)c2[O-])c1.COc1cccc(NC(=O)c2cc3ccccc3c(N=Nc3cc(S(=O)(=O)O)cc(C)c3Cl)c2O)c1.[Ba+2]. The molecule has 0 heterocycles. The Morgan fingerprint density at radius 2 is 1.10 bits per heavy atom. The quantitative estimate of drug-likeness (QED) is 0.0292. The van der Waals surface area contributed by atoms with Crippen molar-refractivity contribution >= 4 is 160 Å². The second-order valence-electron chi connectivity index (χ2n) is 15.5. The van der Waals surface area contributed by atoms with E-state index in [2.05, 4.69) is 30.8 Å². The van der Waals surface area contributed by atoms with Crippen LogP contribution in [0.1, 0.15) is 27.0 Å². The van der Waals surface area contributed by atoms with Crippen molar-refractivity contribution in [2.24, 2.45) is 25.4 Å². The number of nitrogens with zero attached hydrogens (tertiary/aromatic N) is 5. The maximum absolute atomic E-state index is 13.3. The topological polar surface area (TPSA) is 284 Å². The molecule has 8 rings (SSSR count). The summed E-state index contributed by atoms with van der Waals surface area (Å²) in [5.41, 5.74) is 0.871. The Bertz CT molecular complexity index is 3790. The van der Waals surface area contributed by atoms with Crippen LogP contribution < -0.4 is 25.0 Å². The molecule has 0 aliphatic carbocycles. The first-order valence-electron chi connectivity index (χ1n) is 20.9. The Balaban J connectivity index is 0.000000235. The summed E-state index contributed by atoms with van der Waals surface area (Å²) in [6.07, 6.45) is 0. The van der Waals surface area contributed by atoms with Gasteiger partial charge in [-0.25, -0.2) is 0 Å². The van der Waals surface area contributed by atoms with E-state index in [4.69, 9.17) is 32.7 Å². The molecule has 23 heteroatoms. The second kappa shape index (κ2) is 23.6. The van der Waals surface area contributed by atoms with Crippen LogP contribution in [0.5, 0.6) is 23.0 Å². The number of nitrogens with one attached hydrogen (secondary N) is 1. The van der Waals surface area contributed by atoms with Crippen LogP contribution in [0.3, 0.4) is 0 Å². The molecule has 368 valence electrons. The molecule has 8 aromatic carbocycles. The third-order valence-corrected chi connectivity index (χ3v) is 13.2. The molecule has 1 amide bonds. The molecule has 0 fully saturated rings. The number of aryl methyl sites for hydroxylation is 2. The predicted molar refractivity (Wildman–Crippen MR) is 275 cm³/mol. The zero-order chi connectivity index (χ0) is 52.1. The Hall–Kier alpha value is -6.41. The molecule has 4 N–H and O–H groups in total. The van der Waals surface area contributed by atoms with Crippen molar-refractivity contribution in [1.29, 1.82) is 0 Å². The van der Waals surface area contributed by atoms with E-state index in [-0.39, 0.29) is 92.8 Å². The molecule has 0 radical (unpaired) electrons. The summed E-state index contributed by atoms with van der Waals surface area (Å²) in [5.74, 6) is -1.48. The first-order chi connectivity index (χ1) is 34.2. The Morgan fingerprint density at radius 3 is 1.63 bits per heavy atom. The van der Waals surface area contributed by atoms with Gasteiger partial charge in [-0.3, -0.25) is 18.9 Å². The van der Waals surface area contributed by atoms with Crippen LogP contribution in [0.2, 0.25) is 10.0 Å². The summed E-state index contributed by atoms with van der Waals surface area (Å²) in [4.78, 5) is 16.3. The molecule has 0 aliphatic rings. The van der Waals surface area contributed by atoms with Gasteiger partial charge in [-0.2, -0.15) is 21.9 Å². The smallest absolute Gasteiger partial charge is 0.871 e. The van der Waals surface area contributed by atoms with Crippen LogP contribution >= 0.6 is 23.2 Å². The van der Waals surface area contributed by atoms with Crippen LogP contribution in [0.15, 0.2) is 169 Å². The number of aromatic hydroxyl groups is 1. The summed E-state index contributed by atoms with van der Waals surface area (Å²) in [6, 6.07) is 34.4. The first kappa shape index (κ1) is 55.9. The monoisotopic (exact) mass is 1190 g/mol. The molecule has 0 bridgehead atoms. The van der Waals surface area contributed by atoms with Crippen LogP contribution in [0.25, 0.3) is 21.5 Å². The number of phenolic OH excluding ortho intramolecular Hbond substituents is 1. The van der Waals surface area contributed by atoms with Gasteiger partial charge in [-0.15, -0.1) is 15.3 Å². The number of anilines is 1. The fourth-order valence-corrected chi connectivity index (χ4v) is 8.47. The van der Waals surface area contributed by atoms with Gasteiger partial charge in [-0.05, 0) is 108 Å². The van der Waals surface area contributed by atoms with E-state index in [1.807, 2.05) is 0 Å². The van der Waals surface area contributed by atoms with Gasteiger partial charge in [0.15, 0.2) is 5.75 Å². The Kier molecular flexibility index (Phi) is 18.1. The molecule has 0 atom stereocenters. The molecule has 0 aromatic heterocycles. The number of azo groups is 2. The number of hydrogen-bond donors (Lipinski definition) is 4. The van der Waals surface area contributed by atoms with Gasteiger partial charge in [0, 0.05) is 28.6 Å². The normalized spacial score (nSPS) is 11.9. The van der Waals surface area contributed by atoms with E-state index >= 15 is 0 Å². The first-order valence-corrected chi connectivity index (χ1v) is 24.5. The van der Waals surface area contributed by atoms with Crippen molar-refractivity contribution in [3.05, 3.63) is 166 Å². The van der Waals surface area contributed by atoms with Gasteiger partial charge >= 0.3 is 48.9 Å². The molecule has 18 nitrogen and oxygen atoms in total. The van der Waals surface area contributed by atoms with Gasteiger partial charge in [0.2, 0.25) is 0 Å². The van der Waals surface area contributed by atoms with Crippen molar-refractivity contribution in [1.82, 2.24) is 0 Å². The van der Waals surface area contributed by atoms with Gasteiger partial charge < -0.3 is 30.1 Å². The second-order valence-corrected chi connectivity index (χ2v) is 19.1. The number of amides is 1. The molecular weight excluding hydrogens is 1150 g/mol. The number of phenols is 1. The maximum Gasteiger partial charge on any atom is 2.00 e. The van der Waals surface area contributed by atoms with E-state index in [9.17, 15) is 46.1 Å². The number of benzene rings is 8. The van der Waals surface area contributed by atoms with E-state index < -0.39 is 53.3 Å². The molecule has 0 spiro atoms. The van der Waals surface area contributed by atoms with Gasteiger partial charge in [0.05, 0.1) is 51.0 Å². The minimum Gasteiger partial charge on any atom is -0.871 e. The van der Waals surface area contributed by atoms with Gasteiger partial charge in [0.25, 0.3) is 26.1 Å². The fourth-order valence-electron chi connectivity index (χ4n) is 7.00. The van der Waals surface area contributed by atoms with E-state index in [1.54, 1.807) is 104 Å². The van der Waals surface area contributed by atoms with E-state index in [0.717, 1.165) is 12.1 Å². The largest absolute Gasteiger partial charge is 2.00 e. The number of rotatable bonds is 12. The zero-order valence-corrected chi connectivity index (χ0v) is 46.3. The summed E-state index contributed by atoms with van der Waals surface area (Å²) in [6.45, 7) is 3.08. The Labute approximate surface area is 468 Å². The minimum absolute atomic E-state index is 0. The van der Waals surface area contributed by atoms with Crippen LogP contribution in [0.4, 0.5) is 34.1 Å². The Morgan fingerprint density at radius 1 is 0.616 bits per heavy atom. The molecule has 0 saturated carbocycles. The number of hydrogen-bond acceptors (Lipinski definition) is 15. The van der Waals surface area contributed by atoms with Crippen molar-refractivity contribution in [3.63, 3.8) is 0 Å². The summed E-state index contributed by atoms with van der Waals surface area (Å²) in [5, 5.41) is 58.5. The van der Waals surface area contributed by atoms with Gasteiger partial charge in [-0.1, -0.05) is 89.6 Å². The summed E-state index contributed by atoms with van der Waals surface area (Å²) >= 11 is 12.5. The van der Waals surface area contributed by atoms with Crippen LogP contribution in [-0.4, -0.2) is 106 Å². The fraction of sp³-hybridized carbons (Fsp3) is 0.0800. The number of carbonyl (C=O) groups is 1. The minimum atomic E-state index is -4.53. The third-order valence-electron chi connectivity index (χ3n) is 10.6. The molecule has 0 unspecified atom stereocenters. The van der Waals surface area contributed by atoms with Crippen LogP contribution in [0, 0.1) is 13.8 Å². The number of ether oxygens (including phenoxy) is 2. The number of halogens is 2. The van der Waals surface area contributed by atoms with Crippen molar-refractivity contribution in [2.45, 2.75) is 23.6 Å². The van der Waals surface area contributed by atoms with Crippen molar-refractivity contribution in [3.8, 4) is 23.0 Å². The molecule has 0 saturated heterocycles. The number of aliphatic imine (C=N–C) groups is 1. The van der Waals surface area contributed by atoms with E-state index in [1.165, 1.54) is 45.4 Å². The molecular formula is C50H38BaCl2N6O12S2. The standard InChI is InChI=1S/2C25H20ClN3O6S.Ba/c2*1-14-10-18(36(32,33)34)13-21(22(14)26)28-29-23-19-9-4-3-6-15(19)11-20(24(23)30)25(31)27-16-7-5-8-17(12-16)35-2;/h2*3-13,30H,1-2H3,(H,27,31)(H,32,33,34);/q;;+2/p-2. The summed E-state index contributed by atoms with van der Waals surface area (Å²) < 4.78 is 75.5. The zero-order valence-electron chi connectivity index (χ0n) is 38.7. The van der Waals surface area contributed by atoms with E-state index in [0.29, 0.717) is 55.5 Å². The summed E-state index contributed by atoms with van der Waals surface area (Å²) in [7, 11) is -6.06. The molecule has 8 aromatic rings. The predicted octanol–water partition coefficient (Wildman–Crippen LogP) is 11.0. The van der Waals surface area contributed by atoms with Gasteiger partial charge in [0.1, 0.15) is 28.6 Å². The molecule has 73 heavy (non-hydrogen) atoms. The number of methoxy groups -OCH3 is 2. The average Bonchev–Trinajstić information content (AvgIpc) is 3.34. The van der Waals surface area contributed by atoms with Crippen molar-refractivity contribution in [2.75, 3.05) is 19.5 Å². The number of carbonyl (C=O) groups excluding carboxylic acids is 1. The van der Waals surface area contributed by atoms with Crippen LogP contribution in [-0.2, 0) is 20.2 Å². The molecule has 0 aliphatic heterocycles.